The number of hydrogen-bond donors (Lipinski definition) is 0. The van der Waals surface area contributed by atoms with Crippen molar-refractivity contribution >= 4 is 16.7 Å². The Morgan fingerprint density at radius 1 is 0.396 bits per heavy atom. The smallest absolute Gasteiger partial charge is 0.166 e. The van der Waals surface area contributed by atoms with E-state index >= 15 is 0 Å². The summed E-state index contributed by atoms with van der Waals surface area (Å²) in [5.41, 5.74) is 5.97. The van der Waals surface area contributed by atoms with E-state index in [-0.39, 0.29) is 0 Å². The van der Waals surface area contributed by atoms with Gasteiger partial charge in [-0.2, -0.15) is 0 Å². The summed E-state index contributed by atoms with van der Waals surface area (Å²) in [5.74, 6) is 1.88. The largest absolute Gasteiger partial charge is 0.378 e. The summed E-state index contributed by atoms with van der Waals surface area (Å²) in [5, 5.41) is 0. The van der Waals surface area contributed by atoms with Crippen LogP contribution in [0.2, 0.25) is 0 Å². The third-order valence-corrected chi connectivity index (χ3v) is 8.68. The lowest BCUT2D eigenvalue weighted by Gasteiger charge is -2.27. The minimum absolute atomic E-state index is 0.625. The van der Waals surface area contributed by atoms with E-state index in [4.69, 9.17) is 29.2 Å². The molecule has 48 heavy (non-hydrogen) atoms. The fourth-order valence-electron chi connectivity index (χ4n) is 6.04. The molecule has 7 rings (SSSR count). The Bertz CT molecular complexity index is 1500. The summed E-state index contributed by atoms with van der Waals surface area (Å²) in [4.78, 5) is 22.8. The molecule has 3 aliphatic heterocycles. The molecule has 1 aromatic heterocycles. The van der Waals surface area contributed by atoms with Crippen LogP contribution in [-0.4, -0.2) is 109 Å². The maximum atomic E-state index is 5.68. The van der Waals surface area contributed by atoms with Crippen LogP contribution in [0.3, 0.4) is 0 Å². The van der Waals surface area contributed by atoms with Crippen LogP contribution in [0.4, 0.5) is 0 Å². The summed E-state index contributed by atoms with van der Waals surface area (Å²) in [6, 6.07) is 31.2. The molecule has 0 atom stereocenters. The molecule has 3 aliphatic rings. The fourth-order valence-corrected chi connectivity index (χ4v) is 6.04. The molecule has 9 nitrogen and oxygen atoms in total. The molecule has 0 amide bonds. The second kappa shape index (κ2) is 15.8. The van der Waals surface area contributed by atoms with E-state index < -0.39 is 0 Å². The predicted octanol–water partition coefficient (Wildman–Crippen LogP) is 5.04. The normalized spacial score (nSPS) is 18.2. The molecular formula is C39H42N6O3. The first-order valence-electron chi connectivity index (χ1n) is 16.8. The van der Waals surface area contributed by atoms with Crippen molar-refractivity contribution < 1.29 is 14.2 Å². The number of nitrogens with zero attached hydrogens (tertiary/aromatic N) is 6. The first-order chi connectivity index (χ1) is 23.8. The number of rotatable bonds is 9. The summed E-state index contributed by atoms with van der Waals surface area (Å²) in [6.45, 7) is 8.96. The van der Waals surface area contributed by atoms with Gasteiger partial charge in [0, 0.05) is 74.6 Å². The van der Waals surface area contributed by atoms with Crippen molar-refractivity contribution in [3.05, 3.63) is 144 Å². The highest BCUT2D eigenvalue weighted by Crippen LogP contribution is 2.30. The first kappa shape index (κ1) is 31.8. The van der Waals surface area contributed by atoms with Gasteiger partial charge in [0.2, 0.25) is 0 Å². The van der Waals surface area contributed by atoms with E-state index in [1.165, 1.54) is 0 Å². The Labute approximate surface area is 282 Å². The summed E-state index contributed by atoms with van der Waals surface area (Å²) >= 11 is 0. The Morgan fingerprint density at radius 3 is 0.896 bits per heavy atom. The van der Waals surface area contributed by atoms with Crippen LogP contribution in [0, 0.1) is 0 Å². The van der Waals surface area contributed by atoms with Crippen molar-refractivity contribution in [1.82, 2.24) is 29.7 Å². The Morgan fingerprint density at radius 2 is 0.646 bits per heavy atom. The molecule has 0 spiro atoms. The van der Waals surface area contributed by atoms with E-state index in [0.29, 0.717) is 57.1 Å². The van der Waals surface area contributed by atoms with Gasteiger partial charge in [0.05, 0.1) is 39.6 Å². The van der Waals surface area contributed by atoms with Gasteiger partial charge in [-0.1, -0.05) is 91.0 Å². The fraction of sp³-hybridized carbons (Fsp3) is 0.308. The van der Waals surface area contributed by atoms with Gasteiger partial charge < -0.3 is 28.9 Å². The summed E-state index contributed by atoms with van der Waals surface area (Å²) < 4.78 is 17.0. The van der Waals surface area contributed by atoms with Crippen molar-refractivity contribution in [2.24, 2.45) is 0 Å². The number of hydrogen-bond acceptors (Lipinski definition) is 9. The van der Waals surface area contributed by atoms with Gasteiger partial charge in [-0.3, -0.25) is 0 Å². The minimum Gasteiger partial charge on any atom is -0.378 e. The molecular weight excluding hydrogens is 600 g/mol. The van der Waals surface area contributed by atoms with Crippen LogP contribution in [0.15, 0.2) is 110 Å². The van der Waals surface area contributed by atoms with Gasteiger partial charge in [-0.15, -0.1) is 0 Å². The molecule has 3 aromatic carbocycles. The maximum Gasteiger partial charge on any atom is 0.166 e. The van der Waals surface area contributed by atoms with Crippen LogP contribution in [0.1, 0.15) is 34.2 Å². The molecule has 3 fully saturated rings. The van der Waals surface area contributed by atoms with Gasteiger partial charge in [0.25, 0.3) is 0 Å². The van der Waals surface area contributed by atoms with Gasteiger partial charge in [-0.25, -0.2) is 15.0 Å². The Balaban J connectivity index is 1.45. The van der Waals surface area contributed by atoms with Crippen molar-refractivity contribution in [2.75, 3.05) is 78.9 Å². The standard InChI is InChI=1S/C39H42N6O3/c1-4-10-31(11-5-1)34(28-43-16-22-46-23-17-43)37-40-38(35(32-12-6-2-7-13-32)29-44-18-24-47-25-19-44)42-39(41-37)36(33-14-8-3-9-15-33)30-45-20-26-48-27-21-45/h1-15,28-30H,16-27H2/b34-28+,35-29+,36-30+. The van der Waals surface area contributed by atoms with Gasteiger partial charge in [0.1, 0.15) is 0 Å². The Hall–Kier alpha value is -4.83. The summed E-state index contributed by atoms with van der Waals surface area (Å²) in [7, 11) is 0. The molecule has 0 aliphatic carbocycles. The molecule has 0 saturated carbocycles. The number of aromatic nitrogens is 3. The average molecular weight is 643 g/mol. The van der Waals surface area contributed by atoms with Crippen LogP contribution in [0.25, 0.3) is 16.7 Å². The van der Waals surface area contributed by atoms with Crippen LogP contribution < -0.4 is 0 Å². The molecule has 0 N–H and O–H groups in total. The third kappa shape index (κ3) is 7.99. The van der Waals surface area contributed by atoms with Crippen LogP contribution in [-0.2, 0) is 14.2 Å². The zero-order valence-electron chi connectivity index (χ0n) is 27.3. The van der Waals surface area contributed by atoms with E-state index in [2.05, 4.69) is 106 Å². The maximum absolute atomic E-state index is 5.68. The van der Waals surface area contributed by atoms with Gasteiger partial charge in [-0.05, 0) is 16.7 Å². The lowest BCUT2D eigenvalue weighted by Crippen LogP contribution is -2.33. The number of morpholine rings is 3. The molecule has 0 bridgehead atoms. The van der Waals surface area contributed by atoms with Crippen molar-refractivity contribution in [1.29, 1.82) is 0 Å². The molecule has 4 aromatic rings. The molecule has 3 saturated heterocycles. The highest BCUT2D eigenvalue weighted by molar-refractivity contribution is 5.82. The highest BCUT2D eigenvalue weighted by atomic mass is 16.5. The lowest BCUT2D eigenvalue weighted by atomic mass is 10.0. The zero-order chi connectivity index (χ0) is 32.4. The van der Waals surface area contributed by atoms with E-state index in [1.54, 1.807) is 0 Å². The van der Waals surface area contributed by atoms with E-state index in [0.717, 1.165) is 72.7 Å². The van der Waals surface area contributed by atoms with Crippen molar-refractivity contribution in [2.45, 2.75) is 0 Å². The second-order valence-corrected chi connectivity index (χ2v) is 12.0. The number of benzene rings is 3. The lowest BCUT2D eigenvalue weighted by molar-refractivity contribution is 0.0596. The third-order valence-electron chi connectivity index (χ3n) is 8.68. The van der Waals surface area contributed by atoms with Crippen molar-refractivity contribution in [3.8, 4) is 0 Å². The molecule has 4 heterocycles. The SMILES string of the molecule is C(=C(/c1ccccc1)c1nc(/C(=C/N2CCOCC2)c2ccccc2)nc(/C(=C/N2CCOCC2)c2ccccc2)n1)/N1CCOCC1. The monoisotopic (exact) mass is 642 g/mol. The average Bonchev–Trinajstić information content (AvgIpc) is 3.17. The van der Waals surface area contributed by atoms with Crippen molar-refractivity contribution in [3.63, 3.8) is 0 Å². The second-order valence-electron chi connectivity index (χ2n) is 12.0. The molecule has 0 radical (unpaired) electrons. The van der Waals surface area contributed by atoms with E-state index in [1.807, 2.05) is 18.2 Å². The quantitative estimate of drug-likeness (QED) is 0.250. The minimum atomic E-state index is 0.625. The zero-order valence-corrected chi connectivity index (χ0v) is 27.3. The summed E-state index contributed by atoms with van der Waals surface area (Å²) in [6.07, 6.45) is 6.59. The van der Waals surface area contributed by atoms with Crippen LogP contribution >= 0.6 is 0 Å². The first-order valence-corrected chi connectivity index (χ1v) is 16.8. The van der Waals surface area contributed by atoms with Crippen LogP contribution in [0.5, 0.6) is 0 Å². The topological polar surface area (TPSA) is 76.1 Å². The molecule has 0 unspecified atom stereocenters. The predicted molar refractivity (Wildman–Crippen MR) is 188 cm³/mol. The van der Waals surface area contributed by atoms with Gasteiger partial charge in [0.15, 0.2) is 17.5 Å². The highest BCUT2D eigenvalue weighted by Gasteiger charge is 2.22. The molecule has 9 heteroatoms. The Kier molecular flexibility index (Phi) is 10.5. The van der Waals surface area contributed by atoms with E-state index in [9.17, 15) is 0 Å². The molecule has 246 valence electrons. The number of ether oxygens (including phenoxy) is 3. The van der Waals surface area contributed by atoms with Gasteiger partial charge >= 0.3 is 0 Å².